The van der Waals surface area contributed by atoms with Gasteiger partial charge in [-0.15, -0.1) is 11.3 Å². The van der Waals surface area contributed by atoms with Crippen molar-refractivity contribution < 1.29 is 0 Å². The quantitative estimate of drug-likeness (QED) is 0.835. The first-order valence-electron chi connectivity index (χ1n) is 7.32. The Kier molecular flexibility index (Phi) is 4.66. The highest BCUT2D eigenvalue weighted by atomic mass is 32.1. The van der Waals surface area contributed by atoms with E-state index in [1.807, 2.05) is 11.3 Å². The molecule has 0 saturated carbocycles. The molecule has 1 N–H and O–H groups in total. The zero-order chi connectivity index (χ0) is 14.9. The van der Waals surface area contributed by atoms with Crippen LogP contribution in [-0.2, 0) is 0 Å². The Hall–Kier alpha value is -1.12. The Labute approximate surface area is 127 Å². The summed E-state index contributed by atoms with van der Waals surface area (Å²) >= 11 is 1.91. The second-order valence-electron chi connectivity index (χ2n) is 5.67. The van der Waals surface area contributed by atoms with Crippen LogP contribution >= 0.6 is 11.3 Å². The average molecular weight is 287 g/mol. The van der Waals surface area contributed by atoms with Crippen molar-refractivity contribution in [1.82, 2.24) is 5.32 Å². The third-order valence-electron chi connectivity index (χ3n) is 4.07. The van der Waals surface area contributed by atoms with Crippen LogP contribution in [0, 0.1) is 34.6 Å². The summed E-state index contributed by atoms with van der Waals surface area (Å²) in [4.78, 5) is 2.84. The maximum atomic E-state index is 3.65. The maximum Gasteiger partial charge on any atom is 0.0673 e. The molecule has 1 nitrogen and oxygen atoms in total. The van der Waals surface area contributed by atoms with Crippen molar-refractivity contribution >= 4 is 11.3 Å². The summed E-state index contributed by atoms with van der Waals surface area (Å²) in [5, 5.41) is 3.65. The second kappa shape index (κ2) is 6.11. The molecule has 108 valence electrons. The van der Waals surface area contributed by atoms with Gasteiger partial charge in [-0.05, 0) is 75.0 Å². The van der Waals surface area contributed by atoms with E-state index < -0.39 is 0 Å². The molecule has 1 unspecified atom stereocenters. The van der Waals surface area contributed by atoms with Crippen molar-refractivity contribution in [2.45, 2.75) is 47.6 Å². The van der Waals surface area contributed by atoms with Crippen LogP contribution in [0.3, 0.4) is 0 Å². The molecule has 2 heteroatoms. The van der Waals surface area contributed by atoms with Gasteiger partial charge < -0.3 is 5.32 Å². The predicted molar refractivity (Wildman–Crippen MR) is 90.0 cm³/mol. The van der Waals surface area contributed by atoms with E-state index in [1.54, 1.807) is 0 Å². The normalized spacial score (nSPS) is 12.7. The van der Waals surface area contributed by atoms with Gasteiger partial charge in [0.1, 0.15) is 0 Å². The van der Waals surface area contributed by atoms with Crippen LogP contribution in [-0.4, -0.2) is 6.54 Å². The first-order valence-corrected chi connectivity index (χ1v) is 8.13. The van der Waals surface area contributed by atoms with Gasteiger partial charge in [-0.25, -0.2) is 0 Å². The fraction of sp³-hybridized carbons (Fsp3) is 0.444. The molecule has 0 fully saturated rings. The molecule has 0 bridgehead atoms. The van der Waals surface area contributed by atoms with Gasteiger partial charge >= 0.3 is 0 Å². The number of nitrogens with one attached hydrogen (secondary N) is 1. The highest BCUT2D eigenvalue weighted by Gasteiger charge is 2.18. The van der Waals surface area contributed by atoms with Crippen LogP contribution < -0.4 is 5.32 Å². The topological polar surface area (TPSA) is 12.0 Å². The third kappa shape index (κ3) is 2.97. The lowest BCUT2D eigenvalue weighted by Gasteiger charge is -2.21. The van der Waals surface area contributed by atoms with E-state index in [0.717, 1.165) is 6.54 Å². The van der Waals surface area contributed by atoms with Crippen LogP contribution in [0.1, 0.15) is 50.5 Å². The third-order valence-corrected chi connectivity index (χ3v) is 5.29. The van der Waals surface area contributed by atoms with Crippen molar-refractivity contribution in [3.63, 3.8) is 0 Å². The minimum absolute atomic E-state index is 0.316. The van der Waals surface area contributed by atoms with Gasteiger partial charge in [0.15, 0.2) is 0 Å². The summed E-state index contributed by atoms with van der Waals surface area (Å²) in [6, 6.07) is 7.31. The zero-order valence-corrected chi connectivity index (χ0v) is 14.2. The lowest BCUT2D eigenvalue weighted by molar-refractivity contribution is 0.636. The molecule has 0 saturated heterocycles. The molecule has 1 heterocycles. The molecule has 0 spiro atoms. The summed E-state index contributed by atoms with van der Waals surface area (Å²) in [5.74, 6) is 0. The smallest absolute Gasteiger partial charge is 0.0673 e. The van der Waals surface area contributed by atoms with E-state index in [2.05, 4.69) is 65.1 Å². The summed E-state index contributed by atoms with van der Waals surface area (Å²) in [6.07, 6.45) is 0. The molecule has 0 aliphatic heterocycles. The van der Waals surface area contributed by atoms with Gasteiger partial charge in [-0.2, -0.15) is 0 Å². The van der Waals surface area contributed by atoms with Crippen LogP contribution in [0.25, 0.3) is 0 Å². The SMILES string of the molecule is CCNC(c1cc(C)c(C)s1)c1cc(C)c(C)cc1C. The largest absolute Gasteiger partial charge is 0.306 e. The van der Waals surface area contributed by atoms with Crippen molar-refractivity contribution in [3.8, 4) is 0 Å². The molecule has 1 aromatic carbocycles. The number of benzene rings is 1. The molecule has 20 heavy (non-hydrogen) atoms. The fourth-order valence-corrected chi connectivity index (χ4v) is 3.74. The number of aryl methyl sites for hydroxylation is 5. The summed E-state index contributed by atoms with van der Waals surface area (Å²) in [7, 11) is 0. The van der Waals surface area contributed by atoms with Gasteiger partial charge in [0.05, 0.1) is 6.04 Å². The van der Waals surface area contributed by atoms with Gasteiger partial charge in [-0.3, -0.25) is 0 Å². The first-order chi connectivity index (χ1) is 9.43. The van der Waals surface area contributed by atoms with E-state index in [4.69, 9.17) is 0 Å². The minimum atomic E-state index is 0.316. The van der Waals surface area contributed by atoms with E-state index in [1.165, 1.54) is 37.6 Å². The molecule has 0 aliphatic carbocycles. The molecule has 2 rings (SSSR count). The van der Waals surface area contributed by atoms with Gasteiger partial charge in [0, 0.05) is 9.75 Å². The minimum Gasteiger partial charge on any atom is -0.306 e. The molecule has 2 aromatic rings. The predicted octanol–water partition coefficient (Wildman–Crippen LogP) is 4.99. The van der Waals surface area contributed by atoms with E-state index in [9.17, 15) is 0 Å². The molecular weight excluding hydrogens is 262 g/mol. The van der Waals surface area contributed by atoms with Gasteiger partial charge in [0.25, 0.3) is 0 Å². The maximum absolute atomic E-state index is 3.65. The fourth-order valence-electron chi connectivity index (χ4n) is 2.61. The highest BCUT2D eigenvalue weighted by Crippen LogP contribution is 2.33. The van der Waals surface area contributed by atoms with Crippen molar-refractivity contribution in [2.75, 3.05) is 6.54 Å². The van der Waals surface area contributed by atoms with Crippen LogP contribution in [0.4, 0.5) is 0 Å². The molecule has 1 aromatic heterocycles. The Balaban J connectivity index is 2.50. The average Bonchev–Trinajstić information content (AvgIpc) is 2.71. The van der Waals surface area contributed by atoms with Gasteiger partial charge in [0.2, 0.25) is 0 Å². The molecule has 0 radical (unpaired) electrons. The molecule has 1 atom stereocenters. The summed E-state index contributed by atoms with van der Waals surface area (Å²) < 4.78 is 0. The van der Waals surface area contributed by atoms with Crippen LogP contribution in [0.2, 0.25) is 0 Å². The van der Waals surface area contributed by atoms with E-state index in [-0.39, 0.29) is 0 Å². The highest BCUT2D eigenvalue weighted by molar-refractivity contribution is 7.12. The summed E-state index contributed by atoms with van der Waals surface area (Å²) in [6.45, 7) is 14.2. The molecule has 0 amide bonds. The first kappa shape index (κ1) is 15.3. The van der Waals surface area contributed by atoms with Crippen molar-refractivity contribution in [3.05, 3.63) is 55.8 Å². The van der Waals surface area contributed by atoms with Crippen molar-refractivity contribution in [2.24, 2.45) is 0 Å². The standard InChI is InChI=1S/C18H25NS/c1-7-19-18(17-10-13(4)15(6)20-17)16-9-12(3)11(2)8-14(16)5/h8-10,18-19H,7H2,1-6H3. The van der Waals surface area contributed by atoms with Crippen LogP contribution in [0.5, 0.6) is 0 Å². The Morgan fingerprint density at radius 1 is 0.900 bits per heavy atom. The number of hydrogen-bond donors (Lipinski definition) is 1. The summed E-state index contributed by atoms with van der Waals surface area (Å²) in [5.41, 5.74) is 6.94. The van der Waals surface area contributed by atoms with E-state index >= 15 is 0 Å². The Bertz CT molecular complexity index is 591. The number of rotatable bonds is 4. The molecule has 0 aliphatic rings. The number of thiophene rings is 1. The number of hydrogen-bond acceptors (Lipinski definition) is 2. The lowest BCUT2D eigenvalue weighted by Crippen LogP contribution is -2.22. The lowest BCUT2D eigenvalue weighted by atomic mass is 9.94. The zero-order valence-electron chi connectivity index (χ0n) is 13.4. The Morgan fingerprint density at radius 2 is 1.55 bits per heavy atom. The van der Waals surface area contributed by atoms with E-state index in [0.29, 0.717) is 6.04 Å². The Morgan fingerprint density at radius 3 is 2.10 bits per heavy atom. The van der Waals surface area contributed by atoms with Gasteiger partial charge in [-0.1, -0.05) is 19.1 Å². The second-order valence-corrected chi connectivity index (χ2v) is 6.96. The van der Waals surface area contributed by atoms with Crippen molar-refractivity contribution in [1.29, 1.82) is 0 Å². The molecular formula is C18H25NS. The van der Waals surface area contributed by atoms with Crippen LogP contribution in [0.15, 0.2) is 18.2 Å². The monoisotopic (exact) mass is 287 g/mol.